The first-order valence-electron chi connectivity index (χ1n) is 9.12. The molecule has 0 spiro atoms. The summed E-state index contributed by atoms with van der Waals surface area (Å²) in [6.45, 7) is 3.11. The smallest absolute Gasteiger partial charge is 0.431 e. The van der Waals surface area contributed by atoms with Crippen LogP contribution in [0.3, 0.4) is 0 Å². The van der Waals surface area contributed by atoms with Crippen molar-refractivity contribution < 1.29 is 31.9 Å². The summed E-state index contributed by atoms with van der Waals surface area (Å²) in [6.07, 6.45) is -5.10. The lowest BCUT2D eigenvalue weighted by Crippen LogP contribution is -2.41. The fourth-order valence-corrected chi connectivity index (χ4v) is 3.39. The minimum absolute atomic E-state index is 0.0185. The Morgan fingerprint density at radius 3 is 2.56 bits per heavy atom. The zero-order valence-electron chi connectivity index (χ0n) is 16.9. The van der Waals surface area contributed by atoms with Gasteiger partial charge in [0, 0.05) is 25.1 Å². The number of benzene rings is 1. The molecule has 0 amide bonds. The normalized spacial score (nSPS) is 18.3. The summed E-state index contributed by atoms with van der Waals surface area (Å²) in [5.74, 6) is -1.84. The second-order valence-corrected chi connectivity index (χ2v) is 7.49. The molecule has 2 heterocycles. The molecule has 13 heteroatoms. The van der Waals surface area contributed by atoms with Crippen molar-refractivity contribution in [3.05, 3.63) is 61.1 Å². The lowest BCUT2D eigenvalue weighted by molar-refractivity contribution is -0.166. The highest BCUT2D eigenvalue weighted by atomic mass is 35.5. The van der Waals surface area contributed by atoms with Crippen LogP contribution in [0.15, 0.2) is 32.9 Å². The number of alkyl halides is 3. The molecule has 2 aromatic rings. The van der Waals surface area contributed by atoms with Crippen LogP contribution in [0, 0.1) is 5.82 Å². The van der Waals surface area contributed by atoms with E-state index in [1.165, 1.54) is 6.92 Å². The molecule has 1 aliphatic heterocycles. The summed E-state index contributed by atoms with van der Waals surface area (Å²) >= 11 is 6.09. The number of hydrogen-bond acceptors (Lipinski definition) is 6. The molecule has 0 fully saturated rings. The highest BCUT2D eigenvalue weighted by Crippen LogP contribution is 2.32. The van der Waals surface area contributed by atoms with Crippen LogP contribution in [-0.2, 0) is 27.6 Å². The molecular weight excluding hydrogens is 462 g/mol. The number of esters is 1. The lowest BCUT2D eigenvalue weighted by atomic mass is 9.95. The van der Waals surface area contributed by atoms with E-state index in [0.29, 0.717) is 0 Å². The SMILES string of the molecule is CCOC(=O)C1(C)CC(c2cc(-n3c(=O)cc(C(F)(F)F)n(C)c3=O)c(F)cc2Cl)=NO1. The molecule has 32 heavy (non-hydrogen) atoms. The Morgan fingerprint density at radius 1 is 1.31 bits per heavy atom. The molecule has 1 aromatic carbocycles. The largest absolute Gasteiger partial charge is 0.463 e. The number of halogens is 5. The van der Waals surface area contributed by atoms with Gasteiger partial charge in [0.25, 0.3) is 5.56 Å². The van der Waals surface area contributed by atoms with Gasteiger partial charge in [-0.3, -0.25) is 9.36 Å². The van der Waals surface area contributed by atoms with Crippen LogP contribution in [0.25, 0.3) is 5.69 Å². The average molecular weight is 478 g/mol. The van der Waals surface area contributed by atoms with Gasteiger partial charge in [-0.25, -0.2) is 18.5 Å². The second-order valence-electron chi connectivity index (χ2n) is 7.08. The number of ether oxygens (including phenoxy) is 1. The van der Waals surface area contributed by atoms with Crippen molar-refractivity contribution in [2.45, 2.75) is 32.0 Å². The van der Waals surface area contributed by atoms with E-state index in [4.69, 9.17) is 21.2 Å². The van der Waals surface area contributed by atoms with Crippen LogP contribution < -0.4 is 11.2 Å². The number of carbonyl (C=O) groups is 1. The van der Waals surface area contributed by atoms with Crippen LogP contribution in [-0.4, -0.2) is 33.0 Å². The predicted molar refractivity (Wildman–Crippen MR) is 105 cm³/mol. The molecule has 0 aliphatic carbocycles. The molecule has 1 unspecified atom stereocenters. The summed E-state index contributed by atoms with van der Waals surface area (Å²) in [4.78, 5) is 42.1. The van der Waals surface area contributed by atoms with Crippen molar-refractivity contribution in [2.24, 2.45) is 12.2 Å². The van der Waals surface area contributed by atoms with Crippen molar-refractivity contribution in [2.75, 3.05) is 6.61 Å². The Balaban J connectivity index is 2.13. The van der Waals surface area contributed by atoms with Gasteiger partial charge in [0.15, 0.2) is 0 Å². The summed E-state index contributed by atoms with van der Waals surface area (Å²) < 4.78 is 59.2. The number of nitrogens with zero attached hydrogens (tertiary/aromatic N) is 3. The van der Waals surface area contributed by atoms with Crippen LogP contribution in [0.4, 0.5) is 17.6 Å². The van der Waals surface area contributed by atoms with Crippen LogP contribution >= 0.6 is 11.6 Å². The molecule has 8 nitrogen and oxygen atoms in total. The molecule has 0 radical (unpaired) electrons. The Morgan fingerprint density at radius 2 is 1.97 bits per heavy atom. The van der Waals surface area contributed by atoms with E-state index in [1.54, 1.807) is 6.92 Å². The van der Waals surface area contributed by atoms with Gasteiger partial charge < -0.3 is 9.57 Å². The topological polar surface area (TPSA) is 91.9 Å². The van der Waals surface area contributed by atoms with Gasteiger partial charge in [0.05, 0.1) is 23.0 Å². The third kappa shape index (κ3) is 4.01. The first-order valence-corrected chi connectivity index (χ1v) is 9.50. The average Bonchev–Trinajstić information content (AvgIpc) is 3.09. The molecule has 0 saturated carbocycles. The van der Waals surface area contributed by atoms with Crippen molar-refractivity contribution >= 4 is 23.3 Å². The summed E-state index contributed by atoms with van der Waals surface area (Å²) in [5.41, 5.74) is -6.32. The van der Waals surface area contributed by atoms with Crippen LogP contribution in [0.1, 0.15) is 31.5 Å². The summed E-state index contributed by atoms with van der Waals surface area (Å²) in [6, 6.07) is 1.94. The van der Waals surface area contributed by atoms with E-state index in [1.807, 2.05) is 0 Å². The van der Waals surface area contributed by atoms with E-state index < -0.39 is 46.2 Å². The quantitative estimate of drug-likeness (QED) is 0.499. The Kier molecular flexibility index (Phi) is 5.94. The molecule has 1 aliphatic rings. The van der Waals surface area contributed by atoms with Gasteiger partial charge >= 0.3 is 17.8 Å². The molecule has 0 bridgehead atoms. The predicted octanol–water partition coefficient (Wildman–Crippen LogP) is 2.79. The van der Waals surface area contributed by atoms with Gasteiger partial charge in [-0.2, -0.15) is 13.2 Å². The minimum Gasteiger partial charge on any atom is -0.463 e. The molecule has 3 rings (SSSR count). The Hall–Kier alpha value is -3.15. The van der Waals surface area contributed by atoms with E-state index >= 15 is 0 Å². The summed E-state index contributed by atoms with van der Waals surface area (Å²) in [7, 11) is 0.801. The van der Waals surface area contributed by atoms with Crippen molar-refractivity contribution in [3.63, 3.8) is 0 Å². The molecular formula is C19H16ClF4N3O5. The van der Waals surface area contributed by atoms with Gasteiger partial charge in [-0.15, -0.1) is 0 Å². The minimum atomic E-state index is -4.97. The maximum Gasteiger partial charge on any atom is 0.431 e. The standard InChI is InChI=1S/C19H16ClF4N3O5/c1-4-31-16(29)18(2)8-12(25-32-18)9-5-13(11(21)6-10(9)20)27-15(28)7-14(19(22,23)24)26(3)17(27)30/h5-7H,4,8H2,1-3H3. The van der Waals surface area contributed by atoms with E-state index in [0.717, 1.165) is 19.2 Å². The monoisotopic (exact) mass is 477 g/mol. The van der Waals surface area contributed by atoms with Gasteiger partial charge in [-0.05, 0) is 26.0 Å². The number of hydrogen-bond donors (Lipinski definition) is 0. The van der Waals surface area contributed by atoms with Crippen molar-refractivity contribution in [1.29, 1.82) is 0 Å². The highest BCUT2D eigenvalue weighted by molar-refractivity contribution is 6.34. The molecule has 172 valence electrons. The number of oxime groups is 1. The first kappa shape index (κ1) is 23.5. The maximum absolute atomic E-state index is 14.7. The first-order chi connectivity index (χ1) is 14.8. The summed E-state index contributed by atoms with van der Waals surface area (Å²) in [5, 5.41) is 3.60. The fraction of sp³-hybridized carbons (Fsp3) is 0.368. The fourth-order valence-electron chi connectivity index (χ4n) is 3.13. The second kappa shape index (κ2) is 8.08. The molecule has 1 atom stereocenters. The molecule has 0 N–H and O–H groups in total. The third-order valence-electron chi connectivity index (χ3n) is 4.77. The van der Waals surface area contributed by atoms with E-state index in [2.05, 4.69) is 5.16 Å². The Labute approximate surface area is 182 Å². The van der Waals surface area contributed by atoms with Gasteiger partial charge in [0.2, 0.25) is 5.60 Å². The maximum atomic E-state index is 14.7. The Bertz CT molecular complexity index is 1250. The highest BCUT2D eigenvalue weighted by Gasteiger charge is 2.44. The van der Waals surface area contributed by atoms with E-state index in [-0.39, 0.29) is 44.5 Å². The number of carbonyl (C=O) groups excluding carboxylic acids is 1. The van der Waals surface area contributed by atoms with Crippen molar-refractivity contribution in [1.82, 2.24) is 9.13 Å². The third-order valence-corrected chi connectivity index (χ3v) is 5.08. The number of aromatic nitrogens is 2. The molecule has 1 aromatic heterocycles. The zero-order valence-corrected chi connectivity index (χ0v) is 17.7. The van der Waals surface area contributed by atoms with E-state index in [9.17, 15) is 31.9 Å². The molecule has 0 saturated heterocycles. The lowest BCUT2D eigenvalue weighted by Gasteiger charge is -2.18. The van der Waals surface area contributed by atoms with Crippen LogP contribution in [0.5, 0.6) is 0 Å². The number of rotatable bonds is 4. The van der Waals surface area contributed by atoms with Crippen LogP contribution in [0.2, 0.25) is 5.02 Å². The zero-order chi connectivity index (χ0) is 24.0. The van der Waals surface area contributed by atoms with Gasteiger partial charge in [0.1, 0.15) is 11.5 Å². The van der Waals surface area contributed by atoms with Crippen molar-refractivity contribution in [3.8, 4) is 5.69 Å². The van der Waals surface area contributed by atoms with Gasteiger partial charge in [-0.1, -0.05) is 16.8 Å².